The highest BCUT2D eigenvalue weighted by molar-refractivity contribution is 6.02. The molecule has 0 aliphatic heterocycles. The van der Waals surface area contributed by atoms with Crippen molar-refractivity contribution in [1.82, 2.24) is 0 Å². The SMILES string of the molecule is CNc1ccc(C(=O)O[C@@H](C)C(=O)c2ccc(NC(=O)C(C)C)cc2)cc1[N+](=O)[O-]. The number of Topliss-reactive ketones (excluding diaryl/α,β-unsaturated/α-hetero) is 1. The highest BCUT2D eigenvalue weighted by Gasteiger charge is 2.23. The molecule has 0 aliphatic carbocycles. The molecule has 0 spiro atoms. The summed E-state index contributed by atoms with van der Waals surface area (Å²) in [6, 6.07) is 10.1. The molecule has 0 aliphatic rings. The Bertz CT molecular complexity index is 969. The Balaban J connectivity index is 2.08. The second-order valence-electron chi connectivity index (χ2n) is 6.87. The molecule has 158 valence electrons. The number of carbonyl (C=O) groups is 3. The fourth-order valence-corrected chi connectivity index (χ4v) is 2.54. The third-order valence-electron chi connectivity index (χ3n) is 4.31. The Kier molecular flexibility index (Phi) is 7.24. The second kappa shape index (κ2) is 9.64. The molecule has 30 heavy (non-hydrogen) atoms. The number of hydrogen-bond acceptors (Lipinski definition) is 7. The fraction of sp³-hybridized carbons (Fsp3) is 0.286. The van der Waals surface area contributed by atoms with Gasteiger partial charge in [-0.15, -0.1) is 0 Å². The van der Waals surface area contributed by atoms with Crippen LogP contribution in [0.3, 0.4) is 0 Å². The zero-order valence-corrected chi connectivity index (χ0v) is 17.1. The van der Waals surface area contributed by atoms with Gasteiger partial charge in [0.15, 0.2) is 6.10 Å². The predicted octanol–water partition coefficient (Wildman–Crippen LogP) is 3.66. The van der Waals surface area contributed by atoms with E-state index in [1.165, 1.54) is 38.2 Å². The van der Waals surface area contributed by atoms with Crippen LogP contribution in [-0.4, -0.2) is 35.7 Å². The van der Waals surface area contributed by atoms with E-state index in [2.05, 4.69) is 10.6 Å². The van der Waals surface area contributed by atoms with Gasteiger partial charge in [-0.3, -0.25) is 19.7 Å². The minimum absolute atomic E-state index is 0.0351. The van der Waals surface area contributed by atoms with Gasteiger partial charge in [-0.25, -0.2) is 4.79 Å². The van der Waals surface area contributed by atoms with Crippen LogP contribution in [0.5, 0.6) is 0 Å². The smallest absolute Gasteiger partial charge is 0.339 e. The lowest BCUT2D eigenvalue weighted by Crippen LogP contribution is -2.24. The van der Waals surface area contributed by atoms with E-state index in [-0.39, 0.29) is 28.8 Å². The Morgan fingerprint density at radius 3 is 2.13 bits per heavy atom. The lowest BCUT2D eigenvalue weighted by Gasteiger charge is -2.13. The van der Waals surface area contributed by atoms with Gasteiger partial charge in [0.2, 0.25) is 11.7 Å². The quantitative estimate of drug-likeness (QED) is 0.292. The van der Waals surface area contributed by atoms with Crippen molar-refractivity contribution in [2.24, 2.45) is 5.92 Å². The van der Waals surface area contributed by atoms with Gasteiger partial charge >= 0.3 is 5.97 Å². The first-order chi connectivity index (χ1) is 14.1. The van der Waals surface area contributed by atoms with Gasteiger partial charge in [0.25, 0.3) is 5.69 Å². The molecule has 0 fully saturated rings. The highest BCUT2D eigenvalue weighted by Crippen LogP contribution is 2.25. The van der Waals surface area contributed by atoms with Crippen LogP contribution in [0.25, 0.3) is 0 Å². The Morgan fingerprint density at radius 2 is 1.60 bits per heavy atom. The molecule has 0 saturated carbocycles. The van der Waals surface area contributed by atoms with Crippen LogP contribution >= 0.6 is 0 Å². The first-order valence-corrected chi connectivity index (χ1v) is 9.26. The van der Waals surface area contributed by atoms with Gasteiger partial charge in [0.05, 0.1) is 10.5 Å². The van der Waals surface area contributed by atoms with Crippen LogP contribution in [0.4, 0.5) is 17.1 Å². The molecule has 0 heterocycles. The number of nitro benzene ring substituents is 1. The standard InChI is InChI=1S/C21H23N3O6/c1-12(2)20(26)23-16-8-5-14(6-9-16)19(25)13(3)30-21(27)15-7-10-17(22-4)18(11-15)24(28)29/h5-13,22H,1-4H3,(H,23,26)/t13-/m0/s1. The molecule has 9 heteroatoms. The summed E-state index contributed by atoms with van der Waals surface area (Å²) in [5, 5.41) is 16.5. The van der Waals surface area contributed by atoms with Crippen molar-refractivity contribution < 1.29 is 24.0 Å². The summed E-state index contributed by atoms with van der Waals surface area (Å²) in [7, 11) is 1.53. The van der Waals surface area contributed by atoms with Crippen molar-refractivity contribution in [3.05, 3.63) is 63.7 Å². The molecule has 2 aromatic rings. The molecular formula is C21H23N3O6. The van der Waals surface area contributed by atoms with E-state index >= 15 is 0 Å². The molecule has 0 unspecified atom stereocenters. The van der Waals surface area contributed by atoms with Crippen molar-refractivity contribution in [3.8, 4) is 0 Å². The number of nitrogens with one attached hydrogen (secondary N) is 2. The summed E-state index contributed by atoms with van der Waals surface area (Å²) in [6.45, 7) is 4.96. The second-order valence-corrected chi connectivity index (χ2v) is 6.87. The van der Waals surface area contributed by atoms with Gasteiger partial charge in [-0.2, -0.15) is 0 Å². The van der Waals surface area contributed by atoms with E-state index < -0.39 is 22.8 Å². The lowest BCUT2D eigenvalue weighted by atomic mass is 10.1. The van der Waals surface area contributed by atoms with E-state index in [9.17, 15) is 24.5 Å². The van der Waals surface area contributed by atoms with Crippen molar-refractivity contribution in [1.29, 1.82) is 0 Å². The molecule has 2 rings (SSSR count). The molecule has 9 nitrogen and oxygen atoms in total. The topological polar surface area (TPSA) is 128 Å². The third-order valence-corrected chi connectivity index (χ3v) is 4.31. The zero-order chi connectivity index (χ0) is 22.4. The Hall–Kier alpha value is -3.75. The molecule has 2 aromatic carbocycles. The van der Waals surface area contributed by atoms with Gasteiger partial charge in [0.1, 0.15) is 5.69 Å². The molecular weight excluding hydrogens is 390 g/mol. The van der Waals surface area contributed by atoms with Crippen molar-refractivity contribution >= 4 is 34.7 Å². The van der Waals surface area contributed by atoms with Crippen molar-refractivity contribution in [2.45, 2.75) is 26.9 Å². The Morgan fingerprint density at radius 1 is 1.00 bits per heavy atom. The summed E-state index contributed by atoms with van der Waals surface area (Å²) in [5.74, 6) is -1.60. The van der Waals surface area contributed by atoms with E-state index in [1.807, 2.05) is 0 Å². The number of ketones is 1. The van der Waals surface area contributed by atoms with Crippen LogP contribution < -0.4 is 10.6 Å². The number of esters is 1. The van der Waals surface area contributed by atoms with Crippen molar-refractivity contribution in [3.63, 3.8) is 0 Å². The zero-order valence-electron chi connectivity index (χ0n) is 17.1. The molecule has 0 saturated heterocycles. The Labute approximate surface area is 173 Å². The van der Waals surface area contributed by atoms with E-state index in [0.717, 1.165) is 6.07 Å². The maximum absolute atomic E-state index is 12.5. The molecule has 1 atom stereocenters. The van der Waals surface area contributed by atoms with Crippen molar-refractivity contribution in [2.75, 3.05) is 17.7 Å². The lowest BCUT2D eigenvalue weighted by molar-refractivity contribution is -0.384. The van der Waals surface area contributed by atoms with Gasteiger partial charge in [-0.05, 0) is 43.3 Å². The summed E-state index contributed by atoms with van der Waals surface area (Å²) < 4.78 is 5.19. The summed E-state index contributed by atoms with van der Waals surface area (Å²) >= 11 is 0. The van der Waals surface area contributed by atoms with Gasteiger partial charge < -0.3 is 15.4 Å². The highest BCUT2D eigenvalue weighted by atomic mass is 16.6. The first kappa shape index (κ1) is 22.5. The van der Waals surface area contributed by atoms with E-state index in [0.29, 0.717) is 11.3 Å². The maximum atomic E-state index is 12.5. The average molecular weight is 413 g/mol. The first-order valence-electron chi connectivity index (χ1n) is 9.26. The number of benzene rings is 2. The number of ether oxygens (including phenoxy) is 1. The van der Waals surface area contributed by atoms with Crippen LogP contribution in [0, 0.1) is 16.0 Å². The normalized spacial score (nSPS) is 11.5. The number of rotatable bonds is 8. The molecule has 1 amide bonds. The molecule has 0 radical (unpaired) electrons. The number of anilines is 2. The molecule has 0 aromatic heterocycles. The molecule has 0 bridgehead atoms. The van der Waals surface area contributed by atoms with Gasteiger partial charge in [-0.1, -0.05) is 13.8 Å². The number of hydrogen-bond donors (Lipinski definition) is 2. The summed E-state index contributed by atoms with van der Waals surface area (Å²) in [4.78, 5) is 47.1. The van der Waals surface area contributed by atoms with Crippen LogP contribution in [-0.2, 0) is 9.53 Å². The fourth-order valence-electron chi connectivity index (χ4n) is 2.54. The molecule has 2 N–H and O–H groups in total. The van der Waals surface area contributed by atoms with E-state index in [1.54, 1.807) is 26.0 Å². The monoisotopic (exact) mass is 413 g/mol. The minimum atomic E-state index is -1.10. The number of amides is 1. The summed E-state index contributed by atoms with van der Waals surface area (Å²) in [6.07, 6.45) is -1.10. The largest absolute Gasteiger partial charge is 0.451 e. The number of nitro groups is 1. The predicted molar refractivity (Wildman–Crippen MR) is 112 cm³/mol. The third kappa shape index (κ3) is 5.40. The van der Waals surface area contributed by atoms with Crippen LogP contribution in [0.1, 0.15) is 41.5 Å². The minimum Gasteiger partial charge on any atom is -0.451 e. The maximum Gasteiger partial charge on any atom is 0.339 e. The van der Waals surface area contributed by atoms with E-state index in [4.69, 9.17) is 4.74 Å². The summed E-state index contributed by atoms with van der Waals surface area (Å²) in [5.41, 5.74) is 0.795. The number of carbonyl (C=O) groups excluding carboxylic acids is 3. The van der Waals surface area contributed by atoms with Gasteiger partial charge in [0, 0.05) is 30.3 Å². The average Bonchev–Trinajstić information content (AvgIpc) is 2.72. The number of nitrogens with zero attached hydrogens (tertiary/aromatic N) is 1. The van der Waals surface area contributed by atoms with Crippen LogP contribution in [0.15, 0.2) is 42.5 Å². The van der Waals surface area contributed by atoms with Crippen LogP contribution in [0.2, 0.25) is 0 Å².